The summed E-state index contributed by atoms with van der Waals surface area (Å²) < 4.78 is 32.3. The van der Waals surface area contributed by atoms with E-state index < -0.39 is 36.3 Å². The Bertz CT molecular complexity index is 551. The van der Waals surface area contributed by atoms with Crippen molar-refractivity contribution in [2.24, 2.45) is 0 Å². The molecule has 0 bridgehead atoms. The molecule has 1 aliphatic heterocycles. The Morgan fingerprint density at radius 2 is 2.21 bits per heavy atom. The fourth-order valence-electron chi connectivity index (χ4n) is 1.78. The van der Waals surface area contributed by atoms with Gasteiger partial charge in [0.05, 0.1) is 6.61 Å². The first-order valence-corrected chi connectivity index (χ1v) is 5.16. The maximum absolute atomic E-state index is 13.8. The number of aliphatic hydroxyl groups is 3. The van der Waals surface area contributed by atoms with Crippen molar-refractivity contribution >= 4 is 5.82 Å². The fraction of sp³-hybridized carbons (Fsp3) is 0.556. The number of hydrogen-bond donors (Lipinski definition) is 4. The second kappa shape index (κ2) is 4.20. The van der Waals surface area contributed by atoms with E-state index in [1.54, 1.807) is 0 Å². The summed E-state index contributed by atoms with van der Waals surface area (Å²) in [5, 5.41) is 28.0. The summed E-state index contributed by atoms with van der Waals surface area (Å²) in [6, 6.07) is 0.997. The van der Waals surface area contributed by atoms with E-state index in [4.69, 9.17) is 10.8 Å². The van der Waals surface area contributed by atoms with E-state index in [1.807, 2.05) is 0 Å². The first-order valence-electron chi connectivity index (χ1n) is 5.16. The van der Waals surface area contributed by atoms with Gasteiger partial charge in [-0.1, -0.05) is 0 Å². The third-order valence-electron chi connectivity index (χ3n) is 2.81. The second-order valence-electron chi connectivity index (χ2n) is 4.02. The molecule has 8 nitrogen and oxygen atoms in total. The molecule has 1 saturated heterocycles. The average molecular weight is 279 g/mol. The maximum Gasteiger partial charge on any atom is 0.353 e. The van der Waals surface area contributed by atoms with Crippen molar-refractivity contribution in [1.29, 1.82) is 0 Å². The molecule has 2 heterocycles. The number of nitrogens with zero attached hydrogens (tertiary/aromatic N) is 2. The standard InChI is InChI=1S/C9H11F2N3O5/c10-8(11)6(16)4(3-15)19-9(8,18)14-2-1-5(12)13-7(14)17/h1-2,4,6,15-16,18H,3H2,(H2,12,13,17)/t4-,6-,9+/m1/s1. The van der Waals surface area contributed by atoms with Gasteiger partial charge in [-0.3, -0.25) is 0 Å². The first-order chi connectivity index (χ1) is 8.74. The van der Waals surface area contributed by atoms with Crippen LogP contribution in [0.1, 0.15) is 0 Å². The van der Waals surface area contributed by atoms with Crippen molar-refractivity contribution in [1.82, 2.24) is 9.55 Å². The minimum atomic E-state index is -4.22. The van der Waals surface area contributed by atoms with Gasteiger partial charge < -0.3 is 25.8 Å². The predicted octanol–water partition coefficient (Wildman–Crippen LogP) is -2.18. The SMILES string of the molecule is Nc1ccn([C@@]2(O)O[C@H](CO)[C@@H](O)C2(F)F)c(=O)n1. The highest BCUT2D eigenvalue weighted by molar-refractivity contribution is 5.24. The van der Waals surface area contributed by atoms with Crippen LogP contribution in [0.15, 0.2) is 17.1 Å². The molecular formula is C9H11F2N3O5. The minimum absolute atomic E-state index is 0.0994. The van der Waals surface area contributed by atoms with E-state index >= 15 is 0 Å². The monoisotopic (exact) mass is 279 g/mol. The molecule has 1 aromatic rings. The van der Waals surface area contributed by atoms with Crippen molar-refractivity contribution in [3.63, 3.8) is 0 Å². The van der Waals surface area contributed by atoms with E-state index in [-0.39, 0.29) is 10.4 Å². The topological polar surface area (TPSA) is 131 Å². The molecule has 10 heteroatoms. The summed E-state index contributed by atoms with van der Waals surface area (Å²) in [4.78, 5) is 14.6. The molecule has 0 aromatic carbocycles. The molecule has 1 aliphatic rings. The molecule has 0 radical (unpaired) electrons. The number of ether oxygens (including phenoxy) is 1. The fourth-order valence-corrected chi connectivity index (χ4v) is 1.78. The maximum atomic E-state index is 13.8. The van der Waals surface area contributed by atoms with Gasteiger partial charge in [-0.25, -0.2) is 9.36 Å². The van der Waals surface area contributed by atoms with Gasteiger partial charge in [0, 0.05) is 6.20 Å². The number of nitrogen functional groups attached to an aromatic ring is 1. The molecule has 106 valence electrons. The average Bonchev–Trinajstić information content (AvgIpc) is 2.50. The zero-order valence-corrected chi connectivity index (χ0v) is 9.40. The highest BCUT2D eigenvalue weighted by Crippen LogP contribution is 2.45. The molecule has 1 fully saturated rings. The highest BCUT2D eigenvalue weighted by atomic mass is 19.3. The van der Waals surface area contributed by atoms with Crippen LogP contribution in [0, 0.1) is 0 Å². The van der Waals surface area contributed by atoms with Gasteiger partial charge in [0.2, 0.25) is 0 Å². The van der Waals surface area contributed by atoms with Crippen molar-refractivity contribution in [2.75, 3.05) is 12.3 Å². The smallest absolute Gasteiger partial charge is 0.353 e. The Kier molecular flexibility index (Phi) is 3.05. The molecule has 0 saturated carbocycles. The Morgan fingerprint density at radius 1 is 1.58 bits per heavy atom. The lowest BCUT2D eigenvalue weighted by Crippen LogP contribution is -2.55. The van der Waals surface area contributed by atoms with E-state index in [1.165, 1.54) is 0 Å². The molecule has 3 atom stereocenters. The lowest BCUT2D eigenvalue weighted by atomic mass is 10.1. The minimum Gasteiger partial charge on any atom is -0.394 e. The largest absolute Gasteiger partial charge is 0.394 e. The van der Waals surface area contributed by atoms with Crippen LogP contribution < -0.4 is 11.4 Å². The molecule has 1 aromatic heterocycles. The van der Waals surface area contributed by atoms with Crippen LogP contribution in [0.3, 0.4) is 0 Å². The van der Waals surface area contributed by atoms with Crippen LogP contribution in [-0.4, -0.2) is 49.6 Å². The summed E-state index contributed by atoms with van der Waals surface area (Å²) in [6.45, 7) is -0.962. The normalized spacial score (nSPS) is 33.5. The van der Waals surface area contributed by atoms with E-state index in [2.05, 4.69) is 9.72 Å². The molecule has 0 amide bonds. The van der Waals surface area contributed by atoms with E-state index in [9.17, 15) is 23.8 Å². The van der Waals surface area contributed by atoms with Crippen molar-refractivity contribution < 1.29 is 28.8 Å². The summed E-state index contributed by atoms with van der Waals surface area (Å²) in [6.07, 6.45) is -3.47. The van der Waals surface area contributed by atoms with Gasteiger partial charge in [-0.15, -0.1) is 0 Å². The van der Waals surface area contributed by atoms with Crippen LogP contribution >= 0.6 is 0 Å². The number of halogens is 2. The number of aromatic nitrogens is 2. The van der Waals surface area contributed by atoms with Crippen LogP contribution in [0.25, 0.3) is 0 Å². The van der Waals surface area contributed by atoms with Crippen LogP contribution in [-0.2, 0) is 10.6 Å². The zero-order chi connectivity index (χ0) is 14.4. The van der Waals surface area contributed by atoms with Crippen LogP contribution in [0.2, 0.25) is 0 Å². The van der Waals surface area contributed by atoms with Gasteiger partial charge in [0.15, 0.2) is 6.10 Å². The van der Waals surface area contributed by atoms with E-state index in [0.717, 1.165) is 12.3 Å². The van der Waals surface area contributed by atoms with Crippen LogP contribution in [0.4, 0.5) is 14.6 Å². The summed E-state index contributed by atoms with van der Waals surface area (Å²) in [5.74, 6) is -7.90. The van der Waals surface area contributed by atoms with Crippen molar-refractivity contribution in [3.05, 3.63) is 22.7 Å². The third-order valence-corrected chi connectivity index (χ3v) is 2.81. The quantitative estimate of drug-likeness (QED) is 0.484. The number of aliphatic hydroxyl groups excluding tert-OH is 2. The number of alkyl halides is 2. The molecule has 2 rings (SSSR count). The third kappa shape index (κ3) is 1.80. The van der Waals surface area contributed by atoms with E-state index in [0.29, 0.717) is 0 Å². The molecule has 19 heavy (non-hydrogen) atoms. The summed E-state index contributed by atoms with van der Waals surface area (Å²) >= 11 is 0. The number of anilines is 1. The summed E-state index contributed by atoms with van der Waals surface area (Å²) in [5.41, 5.74) is 3.91. The van der Waals surface area contributed by atoms with Gasteiger partial charge in [0.1, 0.15) is 11.9 Å². The predicted molar refractivity (Wildman–Crippen MR) is 56.0 cm³/mol. The van der Waals surface area contributed by atoms with Crippen molar-refractivity contribution in [2.45, 2.75) is 24.0 Å². The van der Waals surface area contributed by atoms with Gasteiger partial charge >= 0.3 is 17.5 Å². The lowest BCUT2D eigenvalue weighted by molar-refractivity contribution is -0.341. The Balaban J connectivity index is 2.56. The second-order valence-corrected chi connectivity index (χ2v) is 4.02. The molecular weight excluding hydrogens is 268 g/mol. The Hall–Kier alpha value is -1.62. The Morgan fingerprint density at radius 3 is 2.68 bits per heavy atom. The zero-order valence-electron chi connectivity index (χ0n) is 9.40. The summed E-state index contributed by atoms with van der Waals surface area (Å²) in [7, 11) is 0. The highest BCUT2D eigenvalue weighted by Gasteiger charge is 2.70. The van der Waals surface area contributed by atoms with Gasteiger partial charge in [-0.05, 0) is 6.07 Å². The van der Waals surface area contributed by atoms with Crippen molar-refractivity contribution in [3.8, 4) is 0 Å². The lowest BCUT2D eigenvalue weighted by Gasteiger charge is -2.29. The first kappa shape index (κ1) is 13.8. The molecule has 5 N–H and O–H groups in total. The number of hydrogen-bond acceptors (Lipinski definition) is 7. The number of rotatable bonds is 2. The van der Waals surface area contributed by atoms with Crippen LogP contribution in [0.5, 0.6) is 0 Å². The molecule has 0 unspecified atom stereocenters. The van der Waals surface area contributed by atoms with Gasteiger partial charge in [-0.2, -0.15) is 13.8 Å². The molecule has 0 aliphatic carbocycles. The Labute approximate surface area is 104 Å². The van der Waals surface area contributed by atoms with Gasteiger partial charge in [0.25, 0.3) is 0 Å². The molecule has 0 spiro atoms. The number of nitrogens with two attached hydrogens (primary N) is 1.